The number of hydrogen-bond acceptors (Lipinski definition) is 4. The number of aromatic nitrogens is 1. The zero-order valence-electron chi connectivity index (χ0n) is 13.3. The van der Waals surface area contributed by atoms with Crippen LogP contribution in [-0.4, -0.2) is 10.1 Å². The molecule has 0 spiro atoms. The van der Waals surface area contributed by atoms with Crippen LogP contribution in [0.1, 0.15) is 55.6 Å². The Morgan fingerprint density at radius 2 is 2.05 bits per heavy atom. The lowest BCUT2D eigenvalue weighted by Gasteiger charge is -2.15. The van der Waals surface area contributed by atoms with Crippen LogP contribution in [0, 0.1) is 6.92 Å². The van der Waals surface area contributed by atoms with E-state index in [2.05, 4.69) is 31.1 Å². The summed E-state index contributed by atoms with van der Waals surface area (Å²) in [5.74, 6) is 0.734. The van der Waals surface area contributed by atoms with E-state index in [4.69, 9.17) is 4.74 Å². The highest BCUT2D eigenvalue weighted by Crippen LogP contribution is 2.28. The van der Waals surface area contributed by atoms with E-state index < -0.39 is 6.10 Å². The van der Waals surface area contributed by atoms with Crippen molar-refractivity contribution in [2.45, 2.75) is 52.7 Å². The molecule has 3 nitrogen and oxygen atoms in total. The van der Waals surface area contributed by atoms with Crippen LogP contribution in [0.2, 0.25) is 0 Å². The molecule has 0 radical (unpaired) electrons. The first-order valence-electron chi connectivity index (χ1n) is 7.13. The Kier molecular flexibility index (Phi) is 4.69. The third-order valence-corrected chi connectivity index (χ3v) is 4.11. The summed E-state index contributed by atoms with van der Waals surface area (Å²) in [4.78, 5) is 4.62. The Morgan fingerprint density at radius 3 is 2.62 bits per heavy atom. The molecule has 0 saturated heterocycles. The Morgan fingerprint density at radius 1 is 1.33 bits per heavy atom. The highest BCUT2D eigenvalue weighted by molar-refractivity contribution is 7.09. The second-order valence-corrected chi connectivity index (χ2v) is 7.33. The van der Waals surface area contributed by atoms with Gasteiger partial charge in [-0.05, 0) is 25.5 Å². The molecule has 114 valence electrons. The fraction of sp³-hybridized carbons (Fsp3) is 0.471. The number of benzene rings is 1. The van der Waals surface area contributed by atoms with Crippen LogP contribution in [0.25, 0.3) is 0 Å². The van der Waals surface area contributed by atoms with E-state index in [-0.39, 0.29) is 5.41 Å². The minimum atomic E-state index is -0.540. The van der Waals surface area contributed by atoms with Crippen molar-refractivity contribution in [1.82, 2.24) is 4.98 Å². The number of ether oxygens (including phenoxy) is 1. The Labute approximate surface area is 130 Å². The predicted molar refractivity (Wildman–Crippen MR) is 87.0 cm³/mol. The standard InChI is InChI=1S/C17H23NO2S/c1-11-6-7-13(12(2)19)14(8-11)20-9-16-18-15(10-21-16)17(3,4)5/h6-8,10,12,19H,9H2,1-5H3/t12-/m0/s1. The first kappa shape index (κ1) is 16.0. The molecule has 1 heterocycles. The van der Waals surface area contributed by atoms with E-state index in [0.717, 1.165) is 27.6 Å². The van der Waals surface area contributed by atoms with Gasteiger partial charge in [-0.3, -0.25) is 0 Å². The maximum absolute atomic E-state index is 9.81. The van der Waals surface area contributed by atoms with Gasteiger partial charge in [0.15, 0.2) is 0 Å². The number of aliphatic hydroxyl groups is 1. The highest BCUT2D eigenvalue weighted by atomic mass is 32.1. The van der Waals surface area contributed by atoms with Gasteiger partial charge in [0.05, 0.1) is 11.8 Å². The Bertz CT molecular complexity index is 611. The molecular formula is C17H23NO2S. The van der Waals surface area contributed by atoms with Gasteiger partial charge in [-0.25, -0.2) is 4.98 Å². The molecule has 0 unspecified atom stereocenters. The average Bonchev–Trinajstić information content (AvgIpc) is 2.84. The van der Waals surface area contributed by atoms with Gasteiger partial charge in [0, 0.05) is 16.4 Å². The third kappa shape index (κ3) is 4.05. The monoisotopic (exact) mass is 305 g/mol. The van der Waals surface area contributed by atoms with Crippen molar-refractivity contribution in [3.05, 3.63) is 45.4 Å². The van der Waals surface area contributed by atoms with Crippen molar-refractivity contribution in [2.24, 2.45) is 0 Å². The van der Waals surface area contributed by atoms with Crippen LogP contribution in [0.5, 0.6) is 5.75 Å². The van der Waals surface area contributed by atoms with Gasteiger partial charge < -0.3 is 9.84 Å². The summed E-state index contributed by atoms with van der Waals surface area (Å²) >= 11 is 1.62. The van der Waals surface area contributed by atoms with Crippen LogP contribution in [0.15, 0.2) is 23.6 Å². The van der Waals surface area contributed by atoms with E-state index in [1.54, 1.807) is 18.3 Å². The lowest BCUT2D eigenvalue weighted by molar-refractivity contribution is 0.190. The zero-order valence-corrected chi connectivity index (χ0v) is 14.1. The van der Waals surface area contributed by atoms with Crippen LogP contribution < -0.4 is 4.74 Å². The summed E-state index contributed by atoms with van der Waals surface area (Å²) in [6.07, 6.45) is -0.540. The molecule has 0 saturated carbocycles. The molecule has 2 rings (SSSR count). The first-order chi connectivity index (χ1) is 9.77. The maximum atomic E-state index is 9.81. The van der Waals surface area contributed by atoms with E-state index in [1.165, 1.54) is 0 Å². The summed E-state index contributed by atoms with van der Waals surface area (Å²) in [5, 5.41) is 12.9. The molecule has 21 heavy (non-hydrogen) atoms. The SMILES string of the molecule is Cc1ccc([C@H](C)O)c(OCc2nc(C(C)(C)C)cs2)c1. The third-order valence-electron chi connectivity index (χ3n) is 3.29. The van der Waals surface area contributed by atoms with Gasteiger partial charge in [-0.1, -0.05) is 32.9 Å². The molecule has 0 amide bonds. The number of rotatable bonds is 4. The lowest BCUT2D eigenvalue weighted by atomic mass is 9.93. The van der Waals surface area contributed by atoms with E-state index in [9.17, 15) is 5.11 Å². The normalized spacial score (nSPS) is 13.2. The van der Waals surface area contributed by atoms with Crippen molar-refractivity contribution >= 4 is 11.3 Å². The molecule has 2 aromatic rings. The highest BCUT2D eigenvalue weighted by Gasteiger charge is 2.18. The molecule has 4 heteroatoms. The smallest absolute Gasteiger partial charge is 0.140 e. The zero-order chi connectivity index (χ0) is 15.6. The molecule has 1 aromatic carbocycles. The maximum Gasteiger partial charge on any atom is 0.140 e. The van der Waals surface area contributed by atoms with Crippen LogP contribution in [0.3, 0.4) is 0 Å². The van der Waals surface area contributed by atoms with Crippen molar-refractivity contribution in [3.63, 3.8) is 0 Å². The second kappa shape index (κ2) is 6.16. The summed E-state index contributed by atoms with van der Waals surface area (Å²) in [5.41, 5.74) is 3.08. The van der Waals surface area contributed by atoms with E-state index >= 15 is 0 Å². The number of nitrogens with zero attached hydrogens (tertiary/aromatic N) is 1. The lowest BCUT2D eigenvalue weighted by Crippen LogP contribution is -2.11. The molecule has 0 aliphatic carbocycles. The van der Waals surface area contributed by atoms with Crippen LogP contribution in [-0.2, 0) is 12.0 Å². The minimum Gasteiger partial charge on any atom is -0.486 e. The minimum absolute atomic E-state index is 0.0584. The number of hydrogen-bond donors (Lipinski definition) is 1. The largest absolute Gasteiger partial charge is 0.486 e. The van der Waals surface area contributed by atoms with Gasteiger partial charge in [0.2, 0.25) is 0 Å². The summed E-state index contributed by atoms with van der Waals surface area (Å²) in [6, 6.07) is 5.86. The van der Waals surface area contributed by atoms with Crippen molar-refractivity contribution in [1.29, 1.82) is 0 Å². The molecule has 1 aromatic heterocycles. The molecule has 1 atom stereocenters. The second-order valence-electron chi connectivity index (χ2n) is 6.38. The van der Waals surface area contributed by atoms with E-state index in [1.807, 2.05) is 25.1 Å². The molecule has 0 aliphatic rings. The van der Waals surface area contributed by atoms with Crippen molar-refractivity contribution in [3.8, 4) is 5.75 Å². The Hall–Kier alpha value is -1.39. The fourth-order valence-corrected chi connectivity index (χ4v) is 2.90. The van der Waals surface area contributed by atoms with Gasteiger partial charge in [0.1, 0.15) is 17.4 Å². The summed E-state index contributed by atoms with van der Waals surface area (Å²) < 4.78 is 5.88. The predicted octanol–water partition coefficient (Wildman–Crippen LogP) is 4.38. The fourth-order valence-electron chi connectivity index (χ4n) is 1.97. The molecular weight excluding hydrogens is 282 g/mol. The first-order valence-corrected chi connectivity index (χ1v) is 8.01. The van der Waals surface area contributed by atoms with Crippen LogP contribution >= 0.6 is 11.3 Å². The molecule has 0 aliphatic heterocycles. The molecule has 1 N–H and O–H groups in total. The number of aryl methyl sites for hydroxylation is 1. The van der Waals surface area contributed by atoms with Gasteiger partial charge in [-0.2, -0.15) is 0 Å². The van der Waals surface area contributed by atoms with Crippen molar-refractivity contribution in [2.75, 3.05) is 0 Å². The number of thiazole rings is 1. The quantitative estimate of drug-likeness (QED) is 0.911. The Balaban J connectivity index is 2.13. The summed E-state index contributed by atoms with van der Waals surface area (Å²) in [6.45, 7) is 10.7. The molecule has 0 fully saturated rings. The van der Waals surface area contributed by atoms with E-state index in [0.29, 0.717) is 6.61 Å². The van der Waals surface area contributed by atoms with Crippen molar-refractivity contribution < 1.29 is 9.84 Å². The topological polar surface area (TPSA) is 42.4 Å². The van der Waals surface area contributed by atoms with Gasteiger partial charge in [0.25, 0.3) is 0 Å². The molecule has 0 bridgehead atoms. The van der Waals surface area contributed by atoms with Gasteiger partial charge in [-0.15, -0.1) is 11.3 Å². The summed E-state index contributed by atoms with van der Waals surface area (Å²) in [7, 11) is 0. The number of aliphatic hydroxyl groups excluding tert-OH is 1. The van der Waals surface area contributed by atoms with Gasteiger partial charge >= 0.3 is 0 Å². The van der Waals surface area contributed by atoms with Crippen LogP contribution in [0.4, 0.5) is 0 Å². The average molecular weight is 305 g/mol.